The molecule has 35 heavy (non-hydrogen) atoms. The Bertz CT molecular complexity index is 873. The lowest BCUT2D eigenvalue weighted by Gasteiger charge is -2.62. The van der Waals surface area contributed by atoms with Gasteiger partial charge in [-0.15, -0.1) is 12.3 Å². The number of nitrogens with zero attached hydrogens (tertiary/aromatic N) is 2. The van der Waals surface area contributed by atoms with E-state index in [0.717, 1.165) is 63.2 Å². The maximum atomic E-state index is 12.3. The fraction of sp³-hybridized carbons (Fsp3) is 0.900. The molecule has 0 amide bonds. The van der Waals surface area contributed by atoms with E-state index in [2.05, 4.69) is 36.9 Å². The summed E-state index contributed by atoms with van der Waals surface area (Å²) in [6.45, 7) is 7.95. The van der Waals surface area contributed by atoms with Crippen LogP contribution in [0.5, 0.6) is 0 Å². The predicted molar refractivity (Wildman–Crippen MR) is 136 cm³/mol. The van der Waals surface area contributed by atoms with Gasteiger partial charge in [-0.05, 0) is 105 Å². The lowest BCUT2D eigenvalue weighted by molar-refractivity contribution is -0.147. The zero-order valence-electron chi connectivity index (χ0n) is 22.2. The van der Waals surface area contributed by atoms with Crippen molar-refractivity contribution in [2.75, 3.05) is 6.61 Å². The van der Waals surface area contributed by atoms with Crippen LogP contribution in [0, 0.1) is 58.7 Å². The number of esters is 1. The number of carbonyl (C=O) groups is 1. The Morgan fingerprint density at radius 1 is 1.11 bits per heavy atom. The number of hydrogen-bond acceptors (Lipinski definition) is 5. The van der Waals surface area contributed by atoms with Crippen LogP contribution < -0.4 is 0 Å². The van der Waals surface area contributed by atoms with Crippen molar-refractivity contribution in [3.05, 3.63) is 0 Å². The molecule has 9 atom stereocenters. The van der Waals surface area contributed by atoms with Crippen molar-refractivity contribution < 1.29 is 14.6 Å². The minimum absolute atomic E-state index is 0.0504. The number of hydrogen-bond donors (Lipinski definition) is 1. The molecule has 4 fully saturated rings. The molecular weight excluding hydrogens is 436 g/mol. The summed E-state index contributed by atoms with van der Waals surface area (Å²) >= 11 is 0. The Kier molecular flexibility index (Phi) is 6.83. The molecule has 0 aromatic carbocycles. The first kappa shape index (κ1) is 25.2. The van der Waals surface area contributed by atoms with E-state index in [0.29, 0.717) is 42.1 Å². The second-order valence-corrected chi connectivity index (χ2v) is 13.3. The molecule has 5 heteroatoms. The van der Waals surface area contributed by atoms with Crippen LogP contribution in [0.1, 0.15) is 104 Å². The largest absolute Gasteiger partial charge is 0.466 e. The van der Waals surface area contributed by atoms with E-state index < -0.39 is 0 Å². The van der Waals surface area contributed by atoms with E-state index in [-0.39, 0.29) is 23.2 Å². The van der Waals surface area contributed by atoms with Crippen LogP contribution in [0.25, 0.3) is 0 Å². The van der Waals surface area contributed by atoms with Crippen molar-refractivity contribution >= 4 is 5.97 Å². The van der Waals surface area contributed by atoms with Gasteiger partial charge in [0.25, 0.3) is 0 Å². The Morgan fingerprint density at radius 2 is 1.86 bits per heavy atom. The first-order valence-electron chi connectivity index (χ1n) is 14.4. The summed E-state index contributed by atoms with van der Waals surface area (Å²) in [6.07, 6.45) is 18.4. The lowest BCUT2D eigenvalue weighted by atomic mass is 9.42. The number of unbranched alkanes of at least 4 members (excludes halogenated alkanes) is 2. The second-order valence-electron chi connectivity index (χ2n) is 13.3. The van der Waals surface area contributed by atoms with Crippen LogP contribution in [0.3, 0.4) is 0 Å². The Balaban J connectivity index is 1.21. The SMILES string of the molecule is C#CCCCCOC(=O)CC[C@@H](C)[C@H]1CCC2C3CC4(N=N4)C4C[C@H](O)CC[C@]4(C)C3CC[C@@]21C. The van der Waals surface area contributed by atoms with E-state index in [9.17, 15) is 9.90 Å². The first-order chi connectivity index (χ1) is 16.7. The minimum Gasteiger partial charge on any atom is -0.466 e. The number of aliphatic hydroxyl groups is 1. The van der Waals surface area contributed by atoms with Crippen LogP contribution in [0.2, 0.25) is 0 Å². The van der Waals surface area contributed by atoms with Crippen LogP contribution in [0.4, 0.5) is 0 Å². The average Bonchev–Trinajstić information content (AvgIpc) is 3.50. The van der Waals surface area contributed by atoms with E-state index in [1.807, 2.05) is 0 Å². The lowest BCUT2D eigenvalue weighted by Crippen LogP contribution is -2.59. The Hall–Kier alpha value is -1.41. The van der Waals surface area contributed by atoms with Gasteiger partial charge in [-0.3, -0.25) is 4.79 Å². The van der Waals surface area contributed by atoms with E-state index >= 15 is 0 Å². The molecule has 4 aliphatic carbocycles. The van der Waals surface area contributed by atoms with Gasteiger partial charge in [0.05, 0.1) is 12.7 Å². The summed E-state index contributed by atoms with van der Waals surface area (Å²) in [5, 5.41) is 19.8. The smallest absolute Gasteiger partial charge is 0.305 e. The third kappa shape index (κ3) is 4.36. The number of fused-ring (bicyclic) bond motifs is 6. The van der Waals surface area contributed by atoms with Crippen molar-refractivity contribution in [2.45, 2.75) is 116 Å². The van der Waals surface area contributed by atoms with Gasteiger partial charge in [0.2, 0.25) is 0 Å². The van der Waals surface area contributed by atoms with Crippen LogP contribution in [-0.2, 0) is 9.53 Å². The van der Waals surface area contributed by atoms with Crippen molar-refractivity contribution in [1.29, 1.82) is 0 Å². The summed E-state index contributed by atoms with van der Waals surface area (Å²) in [5.41, 5.74) is 0.428. The normalized spacial score (nSPS) is 43.5. The number of terminal acetylenes is 1. The summed E-state index contributed by atoms with van der Waals surface area (Å²) < 4.78 is 5.46. The van der Waals surface area contributed by atoms with Crippen molar-refractivity contribution in [2.24, 2.45) is 56.6 Å². The summed E-state index contributed by atoms with van der Waals surface area (Å²) in [6, 6.07) is 0. The van der Waals surface area contributed by atoms with Gasteiger partial charge in [0, 0.05) is 25.2 Å². The van der Waals surface area contributed by atoms with E-state index in [1.54, 1.807) is 0 Å². The molecule has 194 valence electrons. The molecule has 5 nitrogen and oxygen atoms in total. The third-order valence-corrected chi connectivity index (χ3v) is 11.6. The highest BCUT2D eigenvalue weighted by Gasteiger charge is 2.69. The summed E-state index contributed by atoms with van der Waals surface area (Å²) in [4.78, 5) is 12.3. The standard InChI is InChI=1S/C30H46N2O3/c1-5-6-7-8-17-35-27(34)12-9-20(2)23-10-11-24-22-19-30(31-32-30)26-18-21(33)13-15-29(26,4)25(22)14-16-28(23,24)3/h1,20-26,33H,6-19H2,2-4H3/t20-,21-,22?,23-,24?,25?,26?,28-,29-/m1/s1. The van der Waals surface area contributed by atoms with Crippen molar-refractivity contribution in [1.82, 2.24) is 0 Å². The number of rotatable bonds is 8. The van der Waals surface area contributed by atoms with E-state index in [1.165, 1.54) is 25.7 Å². The van der Waals surface area contributed by atoms with Gasteiger partial charge in [-0.25, -0.2) is 0 Å². The molecule has 5 aliphatic rings. The van der Waals surface area contributed by atoms with Gasteiger partial charge in [-0.1, -0.05) is 20.8 Å². The van der Waals surface area contributed by atoms with Gasteiger partial charge in [0.1, 0.15) is 0 Å². The molecule has 0 saturated heterocycles. The molecule has 5 rings (SSSR count). The fourth-order valence-corrected chi connectivity index (χ4v) is 9.75. The zero-order valence-corrected chi connectivity index (χ0v) is 22.2. The van der Waals surface area contributed by atoms with Crippen molar-refractivity contribution in [3.8, 4) is 12.3 Å². The van der Waals surface area contributed by atoms with Crippen LogP contribution in [0.15, 0.2) is 10.2 Å². The molecular formula is C30H46N2O3. The second kappa shape index (κ2) is 9.47. The first-order valence-corrected chi connectivity index (χ1v) is 14.4. The molecule has 0 radical (unpaired) electrons. The molecule has 1 heterocycles. The molecule has 1 N–H and O–H groups in total. The van der Waals surface area contributed by atoms with Gasteiger partial charge < -0.3 is 9.84 Å². The highest BCUT2D eigenvalue weighted by Crippen LogP contribution is 2.72. The van der Waals surface area contributed by atoms with Gasteiger partial charge >= 0.3 is 5.97 Å². The third-order valence-electron chi connectivity index (χ3n) is 11.6. The highest BCUT2D eigenvalue weighted by atomic mass is 16.5. The molecule has 0 bridgehead atoms. The monoisotopic (exact) mass is 482 g/mol. The number of aliphatic hydroxyl groups excluding tert-OH is 1. The predicted octanol–water partition coefficient (Wildman–Crippen LogP) is 6.54. The molecule has 0 aromatic heterocycles. The molecule has 1 spiro atoms. The van der Waals surface area contributed by atoms with Crippen LogP contribution >= 0.6 is 0 Å². The quantitative estimate of drug-likeness (QED) is 0.242. The molecule has 4 saturated carbocycles. The Labute approximate surface area is 212 Å². The maximum absolute atomic E-state index is 12.3. The number of carbonyl (C=O) groups excluding carboxylic acids is 1. The van der Waals surface area contributed by atoms with Gasteiger partial charge in [-0.2, -0.15) is 10.2 Å². The number of ether oxygens (including phenoxy) is 1. The maximum Gasteiger partial charge on any atom is 0.305 e. The van der Waals surface area contributed by atoms with E-state index in [4.69, 9.17) is 11.2 Å². The molecule has 1 aliphatic heterocycles. The summed E-state index contributed by atoms with van der Waals surface area (Å²) in [7, 11) is 0. The van der Waals surface area contributed by atoms with Crippen LogP contribution in [-0.4, -0.2) is 29.4 Å². The van der Waals surface area contributed by atoms with Crippen molar-refractivity contribution in [3.63, 3.8) is 0 Å². The fourth-order valence-electron chi connectivity index (χ4n) is 9.75. The topological polar surface area (TPSA) is 71.2 Å². The minimum atomic E-state index is -0.191. The average molecular weight is 483 g/mol. The van der Waals surface area contributed by atoms with Gasteiger partial charge in [0.15, 0.2) is 5.66 Å². The summed E-state index contributed by atoms with van der Waals surface area (Å²) in [5.74, 6) is 6.42. The zero-order chi connectivity index (χ0) is 24.8. The molecule has 4 unspecified atom stereocenters. The Morgan fingerprint density at radius 3 is 2.60 bits per heavy atom. The molecule has 0 aromatic rings. The highest BCUT2D eigenvalue weighted by molar-refractivity contribution is 5.69.